The predicted octanol–water partition coefficient (Wildman–Crippen LogP) is 1.57. The first-order chi connectivity index (χ1) is 6.33. The smallest absolute Gasteiger partial charge is 0.119 e. The van der Waals surface area contributed by atoms with Crippen LogP contribution in [0.3, 0.4) is 0 Å². The molecular formula is C10H15ClN2O. The summed E-state index contributed by atoms with van der Waals surface area (Å²) in [5, 5.41) is 2.17. The third-order valence-electron chi connectivity index (χ3n) is 2.45. The van der Waals surface area contributed by atoms with Crippen LogP contribution in [-0.4, -0.2) is 19.2 Å². The highest BCUT2D eigenvalue weighted by Crippen LogP contribution is 2.24. The summed E-state index contributed by atoms with van der Waals surface area (Å²) < 4.78 is 5.17. The number of nitrogens with one attached hydrogen (secondary N) is 1. The Morgan fingerprint density at radius 3 is 2.64 bits per heavy atom. The highest BCUT2D eigenvalue weighted by molar-refractivity contribution is 5.85. The van der Waals surface area contributed by atoms with Crippen LogP contribution >= 0.6 is 12.4 Å². The van der Waals surface area contributed by atoms with Crippen molar-refractivity contribution in [3.63, 3.8) is 0 Å². The van der Waals surface area contributed by atoms with Crippen molar-refractivity contribution in [2.45, 2.75) is 13.1 Å². The number of hydrogen-bond donors (Lipinski definition) is 1. The minimum absolute atomic E-state index is 0. The molecule has 0 bridgehead atoms. The summed E-state index contributed by atoms with van der Waals surface area (Å²) in [7, 11) is 3.65. The lowest BCUT2D eigenvalue weighted by Crippen LogP contribution is -2.29. The SMILES string of the molecule is CNN1Cc2ccc(OC)cc2C1.Cl. The number of hydrogen-bond acceptors (Lipinski definition) is 3. The second kappa shape index (κ2) is 4.64. The van der Waals surface area contributed by atoms with Gasteiger partial charge in [0.05, 0.1) is 7.11 Å². The topological polar surface area (TPSA) is 24.5 Å². The first-order valence-electron chi connectivity index (χ1n) is 4.41. The highest BCUT2D eigenvalue weighted by atomic mass is 35.5. The van der Waals surface area contributed by atoms with Gasteiger partial charge in [-0.05, 0) is 30.3 Å². The second-order valence-electron chi connectivity index (χ2n) is 3.21. The number of hydrazine groups is 1. The Morgan fingerprint density at radius 2 is 2.00 bits per heavy atom. The maximum atomic E-state index is 5.17. The molecule has 14 heavy (non-hydrogen) atoms. The van der Waals surface area contributed by atoms with Crippen LogP contribution in [0.25, 0.3) is 0 Å². The van der Waals surface area contributed by atoms with Crippen LogP contribution < -0.4 is 10.2 Å². The van der Waals surface area contributed by atoms with Crippen molar-refractivity contribution in [1.82, 2.24) is 10.4 Å². The normalized spacial score (nSPS) is 14.7. The van der Waals surface area contributed by atoms with E-state index in [0.29, 0.717) is 0 Å². The average molecular weight is 215 g/mol. The molecule has 0 spiro atoms. The van der Waals surface area contributed by atoms with Gasteiger partial charge in [-0.3, -0.25) is 5.43 Å². The second-order valence-corrected chi connectivity index (χ2v) is 3.21. The van der Waals surface area contributed by atoms with Crippen LogP contribution in [0.15, 0.2) is 18.2 Å². The summed E-state index contributed by atoms with van der Waals surface area (Å²) >= 11 is 0. The summed E-state index contributed by atoms with van der Waals surface area (Å²) in [6.07, 6.45) is 0. The zero-order chi connectivity index (χ0) is 9.26. The molecule has 1 aliphatic heterocycles. The lowest BCUT2D eigenvalue weighted by atomic mass is 10.1. The van der Waals surface area contributed by atoms with Crippen molar-refractivity contribution in [1.29, 1.82) is 0 Å². The molecule has 0 saturated heterocycles. The van der Waals surface area contributed by atoms with Gasteiger partial charge in [0, 0.05) is 13.1 Å². The Morgan fingerprint density at radius 1 is 1.29 bits per heavy atom. The fraction of sp³-hybridized carbons (Fsp3) is 0.400. The van der Waals surface area contributed by atoms with E-state index in [4.69, 9.17) is 4.74 Å². The molecule has 78 valence electrons. The fourth-order valence-corrected chi connectivity index (χ4v) is 1.66. The van der Waals surface area contributed by atoms with Crippen LogP contribution in [0.1, 0.15) is 11.1 Å². The molecule has 0 unspecified atom stereocenters. The van der Waals surface area contributed by atoms with Gasteiger partial charge in [-0.2, -0.15) is 0 Å². The first kappa shape index (κ1) is 11.3. The molecule has 1 aromatic carbocycles. The van der Waals surface area contributed by atoms with Crippen molar-refractivity contribution >= 4 is 12.4 Å². The van der Waals surface area contributed by atoms with E-state index < -0.39 is 0 Å². The number of halogens is 1. The molecule has 3 nitrogen and oxygen atoms in total. The third-order valence-corrected chi connectivity index (χ3v) is 2.45. The van der Waals surface area contributed by atoms with Gasteiger partial charge >= 0.3 is 0 Å². The Labute approximate surface area is 90.4 Å². The van der Waals surface area contributed by atoms with E-state index in [9.17, 15) is 0 Å². The molecule has 0 saturated carbocycles. The molecule has 2 rings (SSSR count). The fourth-order valence-electron chi connectivity index (χ4n) is 1.66. The van der Waals surface area contributed by atoms with E-state index in [1.165, 1.54) is 11.1 Å². The Kier molecular flexibility index (Phi) is 3.75. The van der Waals surface area contributed by atoms with Gasteiger partial charge in [-0.15, -0.1) is 12.4 Å². The van der Waals surface area contributed by atoms with Crippen LogP contribution in [0.2, 0.25) is 0 Å². The van der Waals surface area contributed by atoms with Gasteiger partial charge < -0.3 is 4.74 Å². The summed E-state index contributed by atoms with van der Waals surface area (Å²) in [4.78, 5) is 0. The lowest BCUT2D eigenvalue weighted by molar-refractivity contribution is 0.212. The Hall–Kier alpha value is -0.770. The molecule has 1 aliphatic rings. The van der Waals surface area contributed by atoms with Gasteiger partial charge in [-0.25, -0.2) is 5.01 Å². The van der Waals surface area contributed by atoms with Crippen molar-refractivity contribution in [2.75, 3.05) is 14.2 Å². The molecule has 0 fully saturated rings. The van der Waals surface area contributed by atoms with E-state index in [-0.39, 0.29) is 12.4 Å². The number of ether oxygens (including phenoxy) is 1. The van der Waals surface area contributed by atoms with E-state index in [1.54, 1.807) is 7.11 Å². The molecule has 4 heteroatoms. The molecular weight excluding hydrogens is 200 g/mol. The minimum Gasteiger partial charge on any atom is -0.497 e. The zero-order valence-corrected chi connectivity index (χ0v) is 9.23. The maximum Gasteiger partial charge on any atom is 0.119 e. The van der Waals surface area contributed by atoms with E-state index in [2.05, 4.69) is 22.6 Å². The first-order valence-corrected chi connectivity index (χ1v) is 4.41. The van der Waals surface area contributed by atoms with Gasteiger partial charge in [-0.1, -0.05) is 6.07 Å². The standard InChI is InChI=1S/C10H14N2O.ClH/c1-11-12-6-8-3-4-10(13-2)5-9(8)7-12;/h3-5,11H,6-7H2,1-2H3;1H. The Bertz CT molecular complexity index is 317. The van der Waals surface area contributed by atoms with Crippen molar-refractivity contribution in [3.8, 4) is 5.75 Å². The van der Waals surface area contributed by atoms with E-state index in [1.807, 2.05) is 13.1 Å². The van der Waals surface area contributed by atoms with E-state index >= 15 is 0 Å². The quantitative estimate of drug-likeness (QED) is 0.809. The zero-order valence-electron chi connectivity index (χ0n) is 8.41. The summed E-state index contributed by atoms with van der Waals surface area (Å²) in [5.74, 6) is 0.941. The molecule has 0 atom stereocenters. The van der Waals surface area contributed by atoms with Gasteiger partial charge in [0.1, 0.15) is 5.75 Å². The summed E-state index contributed by atoms with van der Waals surface area (Å²) in [5.41, 5.74) is 5.88. The van der Waals surface area contributed by atoms with Crippen molar-refractivity contribution < 1.29 is 4.74 Å². The molecule has 1 heterocycles. The summed E-state index contributed by atoms with van der Waals surface area (Å²) in [6.45, 7) is 1.94. The predicted molar refractivity (Wildman–Crippen MR) is 58.5 cm³/mol. The highest BCUT2D eigenvalue weighted by Gasteiger charge is 2.17. The van der Waals surface area contributed by atoms with Crippen LogP contribution in [0, 0.1) is 0 Å². The number of methoxy groups -OCH3 is 1. The molecule has 0 radical (unpaired) electrons. The minimum atomic E-state index is 0. The number of benzene rings is 1. The summed E-state index contributed by atoms with van der Waals surface area (Å²) in [6, 6.07) is 6.25. The monoisotopic (exact) mass is 214 g/mol. The van der Waals surface area contributed by atoms with Gasteiger partial charge in [0.25, 0.3) is 0 Å². The third kappa shape index (κ3) is 2.00. The average Bonchev–Trinajstić information content (AvgIpc) is 2.58. The number of nitrogens with zero attached hydrogens (tertiary/aromatic N) is 1. The molecule has 0 amide bonds. The van der Waals surface area contributed by atoms with Crippen molar-refractivity contribution in [2.24, 2.45) is 0 Å². The van der Waals surface area contributed by atoms with Gasteiger partial charge in [0.2, 0.25) is 0 Å². The number of rotatable bonds is 2. The van der Waals surface area contributed by atoms with Crippen LogP contribution in [0.5, 0.6) is 5.75 Å². The largest absolute Gasteiger partial charge is 0.497 e. The molecule has 1 aromatic rings. The van der Waals surface area contributed by atoms with E-state index in [0.717, 1.165) is 18.8 Å². The maximum absolute atomic E-state index is 5.17. The van der Waals surface area contributed by atoms with Crippen molar-refractivity contribution in [3.05, 3.63) is 29.3 Å². The molecule has 0 aromatic heterocycles. The van der Waals surface area contributed by atoms with Crippen LogP contribution in [-0.2, 0) is 13.1 Å². The number of fused-ring (bicyclic) bond motifs is 1. The van der Waals surface area contributed by atoms with Gasteiger partial charge in [0.15, 0.2) is 0 Å². The Balaban J connectivity index is 0.000000980. The molecule has 1 N–H and O–H groups in total. The lowest BCUT2D eigenvalue weighted by Gasteiger charge is -2.11. The molecule has 0 aliphatic carbocycles. The van der Waals surface area contributed by atoms with Crippen LogP contribution in [0.4, 0.5) is 0 Å².